The second kappa shape index (κ2) is 11.4. The van der Waals surface area contributed by atoms with Crippen molar-refractivity contribution in [1.29, 1.82) is 0 Å². The first kappa shape index (κ1) is 25.8. The topological polar surface area (TPSA) is 66.5 Å². The van der Waals surface area contributed by atoms with Gasteiger partial charge >= 0.3 is 0 Å². The molecule has 0 saturated carbocycles. The zero-order valence-corrected chi connectivity index (χ0v) is 20.3. The predicted molar refractivity (Wildman–Crippen MR) is 134 cm³/mol. The number of ether oxygens (including phenoxy) is 2. The summed E-state index contributed by atoms with van der Waals surface area (Å²) in [5.41, 5.74) is 7.86. The monoisotopic (exact) mass is 458 g/mol. The smallest absolute Gasteiger partial charge is 0.258 e. The molecule has 2 N–H and O–H groups in total. The molecule has 32 heavy (non-hydrogen) atoms. The minimum absolute atomic E-state index is 0. The number of nitrogens with two attached hydrogens (primary N) is 1. The SMILES string of the molecule is CCCCOc1c(CN)n(CC(C)(C)C)c(=O)c2ccc(OCc3ccccc3)cc12.Cl. The highest BCUT2D eigenvalue weighted by molar-refractivity contribution is 5.89. The maximum Gasteiger partial charge on any atom is 0.258 e. The van der Waals surface area contributed by atoms with Crippen molar-refractivity contribution in [3.63, 3.8) is 0 Å². The van der Waals surface area contributed by atoms with Crippen LogP contribution in [0, 0.1) is 5.41 Å². The lowest BCUT2D eigenvalue weighted by molar-refractivity contribution is 0.294. The van der Waals surface area contributed by atoms with Gasteiger partial charge in [0.05, 0.1) is 17.7 Å². The van der Waals surface area contributed by atoms with Crippen LogP contribution < -0.4 is 20.8 Å². The van der Waals surface area contributed by atoms with Gasteiger partial charge < -0.3 is 19.8 Å². The number of fused-ring (bicyclic) bond motifs is 1. The number of rotatable bonds is 9. The van der Waals surface area contributed by atoms with E-state index in [4.69, 9.17) is 15.2 Å². The minimum atomic E-state index is -0.0686. The zero-order valence-electron chi connectivity index (χ0n) is 19.5. The number of halogens is 1. The molecule has 0 fully saturated rings. The first-order valence-corrected chi connectivity index (χ1v) is 11.0. The molecular weight excluding hydrogens is 424 g/mol. The Labute approximate surface area is 196 Å². The Kier molecular flexibility index (Phi) is 9.17. The third kappa shape index (κ3) is 6.27. The Bertz CT molecular complexity index is 1070. The van der Waals surface area contributed by atoms with E-state index < -0.39 is 0 Å². The second-order valence-corrected chi connectivity index (χ2v) is 9.12. The number of hydrogen-bond donors (Lipinski definition) is 1. The van der Waals surface area contributed by atoms with Crippen LogP contribution in [0.1, 0.15) is 51.8 Å². The molecule has 0 saturated heterocycles. The van der Waals surface area contributed by atoms with Crippen LogP contribution in [0.25, 0.3) is 10.8 Å². The number of nitrogens with zero attached hydrogens (tertiary/aromatic N) is 1. The van der Waals surface area contributed by atoms with Crippen LogP contribution in [-0.2, 0) is 19.7 Å². The average molecular weight is 459 g/mol. The Morgan fingerprint density at radius 2 is 1.72 bits per heavy atom. The summed E-state index contributed by atoms with van der Waals surface area (Å²) in [6.45, 7) is 10.3. The fraction of sp³-hybridized carbons (Fsp3) is 0.423. The number of benzene rings is 2. The van der Waals surface area contributed by atoms with E-state index in [-0.39, 0.29) is 29.9 Å². The third-order valence-corrected chi connectivity index (χ3v) is 5.12. The van der Waals surface area contributed by atoms with Crippen molar-refractivity contribution >= 4 is 23.2 Å². The molecule has 0 aliphatic rings. The Hall–Kier alpha value is -2.50. The van der Waals surface area contributed by atoms with Crippen LogP contribution >= 0.6 is 12.4 Å². The summed E-state index contributed by atoms with van der Waals surface area (Å²) in [7, 11) is 0. The van der Waals surface area contributed by atoms with E-state index in [2.05, 4.69) is 27.7 Å². The fourth-order valence-corrected chi connectivity index (χ4v) is 3.60. The highest BCUT2D eigenvalue weighted by Gasteiger charge is 2.21. The van der Waals surface area contributed by atoms with Gasteiger partial charge in [-0.2, -0.15) is 0 Å². The van der Waals surface area contributed by atoms with Crippen molar-refractivity contribution in [3.05, 3.63) is 70.1 Å². The number of hydrogen-bond acceptors (Lipinski definition) is 4. The van der Waals surface area contributed by atoms with Gasteiger partial charge in [0.25, 0.3) is 5.56 Å². The Balaban J connectivity index is 0.00000363. The van der Waals surface area contributed by atoms with Crippen molar-refractivity contribution < 1.29 is 9.47 Å². The zero-order chi connectivity index (χ0) is 22.4. The van der Waals surface area contributed by atoms with E-state index in [1.807, 2.05) is 48.5 Å². The van der Waals surface area contributed by atoms with E-state index in [0.29, 0.717) is 36.6 Å². The molecule has 0 bridgehead atoms. The van der Waals surface area contributed by atoms with E-state index in [1.54, 1.807) is 4.57 Å². The summed E-state index contributed by atoms with van der Waals surface area (Å²) < 4.78 is 14.0. The van der Waals surface area contributed by atoms with Gasteiger partial charge in [-0.3, -0.25) is 4.79 Å². The lowest BCUT2D eigenvalue weighted by Crippen LogP contribution is -2.31. The van der Waals surface area contributed by atoms with Crippen molar-refractivity contribution in [1.82, 2.24) is 4.57 Å². The number of aromatic nitrogens is 1. The van der Waals surface area contributed by atoms with Gasteiger partial charge in [0.2, 0.25) is 0 Å². The van der Waals surface area contributed by atoms with Gasteiger partial charge in [-0.05, 0) is 35.6 Å². The molecule has 0 radical (unpaired) electrons. The summed E-state index contributed by atoms with van der Waals surface area (Å²) >= 11 is 0. The summed E-state index contributed by atoms with van der Waals surface area (Å²) in [6, 6.07) is 15.6. The van der Waals surface area contributed by atoms with Crippen molar-refractivity contribution in [3.8, 4) is 11.5 Å². The molecule has 1 aromatic heterocycles. The number of pyridine rings is 1. The highest BCUT2D eigenvalue weighted by atomic mass is 35.5. The molecule has 174 valence electrons. The van der Waals surface area contributed by atoms with Gasteiger partial charge in [-0.25, -0.2) is 0 Å². The molecule has 0 amide bonds. The van der Waals surface area contributed by atoms with Crippen LogP contribution in [0.5, 0.6) is 11.5 Å². The van der Waals surface area contributed by atoms with Crippen molar-refractivity contribution in [2.45, 2.75) is 60.2 Å². The lowest BCUT2D eigenvalue weighted by Gasteiger charge is -2.25. The predicted octanol–water partition coefficient (Wildman–Crippen LogP) is 5.69. The van der Waals surface area contributed by atoms with Gasteiger partial charge in [0.1, 0.15) is 18.1 Å². The third-order valence-electron chi connectivity index (χ3n) is 5.12. The van der Waals surface area contributed by atoms with Gasteiger partial charge in [0, 0.05) is 18.5 Å². The molecule has 5 nitrogen and oxygen atoms in total. The molecule has 0 atom stereocenters. The number of unbranched alkanes of at least 4 members (excludes halogenated alkanes) is 1. The van der Waals surface area contributed by atoms with Crippen LogP contribution in [0.15, 0.2) is 53.3 Å². The fourth-order valence-electron chi connectivity index (χ4n) is 3.60. The van der Waals surface area contributed by atoms with Gasteiger partial charge in [0.15, 0.2) is 0 Å². The summed E-state index contributed by atoms with van der Waals surface area (Å²) in [5.74, 6) is 1.40. The Morgan fingerprint density at radius 3 is 2.34 bits per heavy atom. The molecule has 0 aliphatic carbocycles. The first-order chi connectivity index (χ1) is 14.8. The van der Waals surface area contributed by atoms with E-state index in [0.717, 1.165) is 29.5 Å². The first-order valence-electron chi connectivity index (χ1n) is 11.0. The highest BCUT2D eigenvalue weighted by Crippen LogP contribution is 2.32. The summed E-state index contributed by atoms with van der Waals surface area (Å²) in [6.07, 6.45) is 1.97. The molecule has 0 spiro atoms. The molecular formula is C26H35ClN2O3. The van der Waals surface area contributed by atoms with Crippen LogP contribution in [0.2, 0.25) is 0 Å². The van der Waals surface area contributed by atoms with E-state index in [1.165, 1.54) is 0 Å². The van der Waals surface area contributed by atoms with Crippen LogP contribution in [0.3, 0.4) is 0 Å². The molecule has 1 heterocycles. The maximum absolute atomic E-state index is 13.4. The van der Waals surface area contributed by atoms with E-state index in [9.17, 15) is 4.79 Å². The Morgan fingerprint density at radius 1 is 1.00 bits per heavy atom. The summed E-state index contributed by atoms with van der Waals surface area (Å²) in [4.78, 5) is 13.4. The van der Waals surface area contributed by atoms with Gasteiger partial charge in [-0.1, -0.05) is 64.4 Å². The van der Waals surface area contributed by atoms with Crippen LogP contribution in [0.4, 0.5) is 0 Å². The quantitative estimate of drug-likeness (QED) is 0.418. The maximum atomic E-state index is 13.4. The van der Waals surface area contributed by atoms with Crippen LogP contribution in [-0.4, -0.2) is 11.2 Å². The molecule has 0 aliphatic heterocycles. The minimum Gasteiger partial charge on any atom is -0.491 e. The molecule has 3 aromatic rings. The van der Waals surface area contributed by atoms with Crippen molar-refractivity contribution in [2.75, 3.05) is 6.61 Å². The van der Waals surface area contributed by atoms with Crippen molar-refractivity contribution in [2.24, 2.45) is 11.1 Å². The van der Waals surface area contributed by atoms with Gasteiger partial charge in [-0.15, -0.1) is 12.4 Å². The largest absolute Gasteiger partial charge is 0.491 e. The normalized spacial score (nSPS) is 11.3. The summed E-state index contributed by atoms with van der Waals surface area (Å²) in [5, 5.41) is 1.39. The molecule has 6 heteroatoms. The van der Waals surface area contributed by atoms with E-state index >= 15 is 0 Å². The standard InChI is InChI=1S/C26H34N2O3.ClH/c1-5-6-14-30-24-22-15-20(31-17-19-10-8-7-9-11-19)12-13-21(22)25(29)28(23(24)16-27)18-26(2,3)4;/h7-13,15H,5-6,14,16-18,27H2,1-4H3;1H. The molecule has 2 aromatic carbocycles. The lowest BCUT2D eigenvalue weighted by atomic mass is 9.96. The second-order valence-electron chi connectivity index (χ2n) is 9.12. The molecule has 3 rings (SSSR count). The molecule has 0 unspecified atom stereocenters. The average Bonchev–Trinajstić information content (AvgIpc) is 2.75.